The first kappa shape index (κ1) is 7.55. The Labute approximate surface area is 62.1 Å². The number of aliphatic hydroxyl groups is 1. The van der Waals surface area contributed by atoms with E-state index < -0.39 is 0 Å². The molecule has 10 heavy (non-hydrogen) atoms. The smallest absolute Gasteiger partial charge is 0.0434 e. The van der Waals surface area contributed by atoms with Crippen LogP contribution < -0.4 is 0 Å². The second-order valence-electron chi connectivity index (χ2n) is 2.60. The number of hydrogen-bond donors (Lipinski definition) is 1. The van der Waals surface area contributed by atoms with Gasteiger partial charge < -0.3 is 5.11 Å². The summed E-state index contributed by atoms with van der Waals surface area (Å²) in [7, 11) is 0. The topological polar surface area (TPSA) is 20.2 Å². The molecule has 0 fully saturated rings. The van der Waals surface area contributed by atoms with Gasteiger partial charge in [-0.2, -0.15) is 0 Å². The molecule has 1 heteroatoms. The second-order valence-corrected chi connectivity index (χ2v) is 2.60. The van der Waals surface area contributed by atoms with Crippen molar-refractivity contribution >= 4 is 0 Å². The SMILES string of the molecule is OCCCC1=CCC=CC1. The summed E-state index contributed by atoms with van der Waals surface area (Å²) >= 11 is 0. The van der Waals surface area contributed by atoms with Crippen molar-refractivity contribution in [3.63, 3.8) is 0 Å². The number of aliphatic hydroxyl groups excluding tert-OH is 1. The van der Waals surface area contributed by atoms with Gasteiger partial charge in [0.05, 0.1) is 0 Å². The molecule has 0 aromatic heterocycles. The van der Waals surface area contributed by atoms with Gasteiger partial charge in [-0.05, 0) is 25.7 Å². The molecule has 0 atom stereocenters. The molecular weight excluding hydrogens is 124 g/mol. The van der Waals surface area contributed by atoms with Crippen LogP contribution in [0.25, 0.3) is 0 Å². The van der Waals surface area contributed by atoms with E-state index in [2.05, 4.69) is 18.2 Å². The predicted molar refractivity (Wildman–Crippen MR) is 42.8 cm³/mol. The fourth-order valence-corrected chi connectivity index (χ4v) is 1.16. The van der Waals surface area contributed by atoms with Crippen LogP contribution >= 0.6 is 0 Å². The van der Waals surface area contributed by atoms with Gasteiger partial charge in [-0.3, -0.25) is 0 Å². The molecule has 0 aromatic rings. The highest BCUT2D eigenvalue weighted by Crippen LogP contribution is 2.15. The van der Waals surface area contributed by atoms with Gasteiger partial charge in [0.15, 0.2) is 0 Å². The van der Waals surface area contributed by atoms with Crippen molar-refractivity contribution in [2.24, 2.45) is 0 Å². The molecule has 0 heterocycles. The number of hydrogen-bond acceptors (Lipinski definition) is 1. The normalized spacial score (nSPS) is 17.1. The van der Waals surface area contributed by atoms with Crippen LogP contribution in [0.4, 0.5) is 0 Å². The third-order valence-corrected chi connectivity index (χ3v) is 1.75. The average molecular weight is 138 g/mol. The Morgan fingerprint density at radius 1 is 1.40 bits per heavy atom. The zero-order chi connectivity index (χ0) is 7.23. The maximum absolute atomic E-state index is 8.55. The Hall–Kier alpha value is -0.560. The van der Waals surface area contributed by atoms with Crippen molar-refractivity contribution < 1.29 is 5.11 Å². The Bertz CT molecular complexity index is 145. The highest BCUT2D eigenvalue weighted by Gasteiger charge is 1.96. The van der Waals surface area contributed by atoms with Gasteiger partial charge in [0.2, 0.25) is 0 Å². The third-order valence-electron chi connectivity index (χ3n) is 1.75. The fourth-order valence-electron chi connectivity index (χ4n) is 1.16. The van der Waals surface area contributed by atoms with Crippen LogP contribution in [0.1, 0.15) is 25.7 Å². The van der Waals surface area contributed by atoms with Gasteiger partial charge in [0.1, 0.15) is 0 Å². The molecule has 0 aliphatic heterocycles. The Morgan fingerprint density at radius 2 is 2.30 bits per heavy atom. The van der Waals surface area contributed by atoms with Gasteiger partial charge in [0.25, 0.3) is 0 Å². The minimum atomic E-state index is 0.320. The van der Waals surface area contributed by atoms with Crippen LogP contribution in [0, 0.1) is 0 Å². The lowest BCUT2D eigenvalue weighted by molar-refractivity contribution is 0.288. The van der Waals surface area contributed by atoms with E-state index in [9.17, 15) is 0 Å². The molecule has 1 aliphatic carbocycles. The quantitative estimate of drug-likeness (QED) is 0.592. The van der Waals surface area contributed by atoms with Crippen LogP contribution in [0.5, 0.6) is 0 Å². The van der Waals surface area contributed by atoms with E-state index in [1.807, 2.05) is 0 Å². The van der Waals surface area contributed by atoms with Crippen molar-refractivity contribution in [1.82, 2.24) is 0 Å². The van der Waals surface area contributed by atoms with Crippen LogP contribution in [0.15, 0.2) is 23.8 Å². The lowest BCUT2D eigenvalue weighted by Gasteiger charge is -2.05. The molecule has 1 rings (SSSR count). The summed E-state index contributed by atoms with van der Waals surface area (Å²) in [6, 6.07) is 0. The molecule has 56 valence electrons. The minimum Gasteiger partial charge on any atom is -0.396 e. The minimum absolute atomic E-state index is 0.320. The molecule has 0 bridgehead atoms. The number of allylic oxidation sites excluding steroid dienone is 4. The molecule has 0 spiro atoms. The first-order valence-electron chi connectivity index (χ1n) is 3.87. The number of rotatable bonds is 3. The summed E-state index contributed by atoms with van der Waals surface area (Å²) in [5.74, 6) is 0. The van der Waals surface area contributed by atoms with Gasteiger partial charge in [-0.15, -0.1) is 0 Å². The molecular formula is C9H14O. The molecule has 0 radical (unpaired) electrons. The van der Waals surface area contributed by atoms with Crippen LogP contribution in [0.2, 0.25) is 0 Å². The summed E-state index contributed by atoms with van der Waals surface area (Å²) in [6.45, 7) is 0.320. The fraction of sp³-hybridized carbons (Fsp3) is 0.556. The summed E-state index contributed by atoms with van der Waals surface area (Å²) in [5, 5.41) is 8.55. The summed E-state index contributed by atoms with van der Waals surface area (Å²) in [5.41, 5.74) is 1.48. The highest BCUT2D eigenvalue weighted by atomic mass is 16.2. The lowest BCUT2D eigenvalue weighted by Crippen LogP contribution is -1.89. The van der Waals surface area contributed by atoms with E-state index in [0.29, 0.717) is 6.61 Å². The first-order chi connectivity index (χ1) is 4.93. The zero-order valence-corrected chi connectivity index (χ0v) is 6.21. The molecule has 0 saturated carbocycles. The summed E-state index contributed by atoms with van der Waals surface area (Å²) in [6.07, 6.45) is 10.8. The van der Waals surface area contributed by atoms with Crippen molar-refractivity contribution in [3.8, 4) is 0 Å². The maximum atomic E-state index is 8.55. The van der Waals surface area contributed by atoms with Crippen LogP contribution in [0.3, 0.4) is 0 Å². The van der Waals surface area contributed by atoms with E-state index in [-0.39, 0.29) is 0 Å². The molecule has 0 aromatic carbocycles. The second kappa shape index (κ2) is 4.29. The van der Waals surface area contributed by atoms with E-state index >= 15 is 0 Å². The molecule has 0 saturated heterocycles. The van der Waals surface area contributed by atoms with Crippen molar-refractivity contribution in [1.29, 1.82) is 0 Å². The maximum Gasteiger partial charge on any atom is 0.0434 e. The largest absolute Gasteiger partial charge is 0.396 e. The van der Waals surface area contributed by atoms with Gasteiger partial charge >= 0.3 is 0 Å². The van der Waals surface area contributed by atoms with E-state index in [1.54, 1.807) is 0 Å². The first-order valence-corrected chi connectivity index (χ1v) is 3.87. The van der Waals surface area contributed by atoms with Gasteiger partial charge in [-0.25, -0.2) is 0 Å². The predicted octanol–water partition coefficient (Wildman–Crippen LogP) is 2.04. The zero-order valence-electron chi connectivity index (χ0n) is 6.21. The van der Waals surface area contributed by atoms with Crippen LogP contribution in [-0.4, -0.2) is 11.7 Å². The Kier molecular flexibility index (Phi) is 3.23. The Morgan fingerprint density at radius 3 is 2.90 bits per heavy atom. The van der Waals surface area contributed by atoms with E-state index in [4.69, 9.17) is 5.11 Å². The van der Waals surface area contributed by atoms with Crippen molar-refractivity contribution in [3.05, 3.63) is 23.8 Å². The molecule has 1 aliphatic rings. The van der Waals surface area contributed by atoms with Crippen molar-refractivity contribution in [2.75, 3.05) is 6.61 Å². The van der Waals surface area contributed by atoms with Gasteiger partial charge in [0, 0.05) is 6.61 Å². The third kappa shape index (κ3) is 2.36. The van der Waals surface area contributed by atoms with Crippen molar-refractivity contribution in [2.45, 2.75) is 25.7 Å². The standard InChI is InChI=1S/C9H14O/c10-8-4-7-9-5-2-1-3-6-9/h1-2,6,10H,3-5,7-8H2. The molecule has 1 nitrogen and oxygen atoms in total. The molecule has 0 amide bonds. The lowest BCUT2D eigenvalue weighted by atomic mass is 10.0. The Balaban J connectivity index is 2.21. The molecule has 1 N–H and O–H groups in total. The van der Waals surface area contributed by atoms with E-state index in [1.165, 1.54) is 5.57 Å². The van der Waals surface area contributed by atoms with E-state index in [0.717, 1.165) is 25.7 Å². The highest BCUT2D eigenvalue weighted by molar-refractivity contribution is 5.14. The molecule has 0 unspecified atom stereocenters. The summed E-state index contributed by atoms with van der Waals surface area (Å²) < 4.78 is 0. The monoisotopic (exact) mass is 138 g/mol. The average Bonchev–Trinajstić information content (AvgIpc) is 2.03. The van der Waals surface area contributed by atoms with Crippen LogP contribution in [-0.2, 0) is 0 Å². The summed E-state index contributed by atoms with van der Waals surface area (Å²) in [4.78, 5) is 0. The van der Waals surface area contributed by atoms with Gasteiger partial charge in [-0.1, -0.05) is 23.8 Å².